The van der Waals surface area contributed by atoms with E-state index < -0.39 is 18.3 Å². The summed E-state index contributed by atoms with van der Waals surface area (Å²) in [6.45, 7) is 2.64. The summed E-state index contributed by atoms with van der Waals surface area (Å²) < 4.78 is 15.0. The summed E-state index contributed by atoms with van der Waals surface area (Å²) in [7, 11) is 2.63. The minimum absolute atomic E-state index is 0.00886. The Morgan fingerprint density at radius 3 is 1.76 bits per heavy atom. The van der Waals surface area contributed by atoms with Gasteiger partial charge in [-0.05, 0) is 60.9 Å². The van der Waals surface area contributed by atoms with Crippen LogP contribution < -0.4 is 20.7 Å². The minimum atomic E-state index is -0.663. The molecule has 2 atom stereocenters. The third-order valence-corrected chi connectivity index (χ3v) is 5.97. The average Bonchev–Trinajstić information content (AvgIpc) is 2.95. The average molecular weight is 522 g/mol. The Morgan fingerprint density at radius 1 is 0.789 bits per heavy atom. The number of carbonyl (C=O) groups excluding carboxylic acids is 2. The van der Waals surface area contributed by atoms with Crippen molar-refractivity contribution in [2.45, 2.75) is 31.4 Å². The van der Waals surface area contributed by atoms with E-state index in [1.807, 2.05) is 78.9 Å². The molecule has 0 aromatic heterocycles. The van der Waals surface area contributed by atoms with Crippen molar-refractivity contribution in [1.82, 2.24) is 5.32 Å². The van der Waals surface area contributed by atoms with Gasteiger partial charge >= 0.3 is 12.2 Å². The lowest BCUT2D eigenvalue weighted by Gasteiger charge is -2.24. The second-order valence-corrected chi connectivity index (χ2v) is 8.85. The molecular formula is C29H35N3O6. The summed E-state index contributed by atoms with van der Waals surface area (Å²) in [6, 6.07) is 24.6. The molecule has 3 rings (SSSR count). The molecule has 202 valence electrons. The molecule has 9 heteroatoms. The predicted molar refractivity (Wildman–Crippen MR) is 147 cm³/mol. The molecule has 9 nitrogen and oxygen atoms in total. The molecule has 0 fully saturated rings. The van der Waals surface area contributed by atoms with Gasteiger partial charge in [0.15, 0.2) is 0 Å². The van der Waals surface area contributed by atoms with E-state index in [1.165, 1.54) is 14.2 Å². The number of amides is 2. The number of rotatable bonds is 12. The van der Waals surface area contributed by atoms with Crippen LogP contribution in [0.1, 0.15) is 30.4 Å². The monoisotopic (exact) mass is 521 g/mol. The maximum Gasteiger partial charge on any atom is 0.411 e. The highest BCUT2D eigenvalue weighted by Crippen LogP contribution is 2.31. The number of hydrogen-bond acceptors (Lipinski definition) is 7. The van der Waals surface area contributed by atoms with Gasteiger partial charge < -0.3 is 24.6 Å². The molecule has 3 aromatic rings. The van der Waals surface area contributed by atoms with Gasteiger partial charge in [0.1, 0.15) is 18.5 Å². The maximum atomic E-state index is 11.5. The van der Waals surface area contributed by atoms with E-state index in [1.54, 1.807) is 0 Å². The number of nitrogens with one attached hydrogen (secondary N) is 3. The van der Waals surface area contributed by atoms with Crippen molar-refractivity contribution in [3.8, 4) is 5.75 Å². The number of benzene rings is 3. The zero-order valence-corrected chi connectivity index (χ0v) is 21.8. The van der Waals surface area contributed by atoms with Crippen molar-refractivity contribution < 1.29 is 28.9 Å². The molecule has 1 unspecified atom stereocenters. The maximum absolute atomic E-state index is 11.5. The quantitative estimate of drug-likeness (QED) is 0.265. The lowest BCUT2D eigenvalue weighted by Crippen LogP contribution is -2.37. The molecule has 0 bridgehead atoms. The van der Waals surface area contributed by atoms with Crippen molar-refractivity contribution >= 4 is 23.6 Å². The molecule has 0 spiro atoms. The van der Waals surface area contributed by atoms with Crippen molar-refractivity contribution in [2.24, 2.45) is 0 Å². The van der Waals surface area contributed by atoms with Gasteiger partial charge in [-0.3, -0.25) is 10.6 Å². The van der Waals surface area contributed by atoms with Crippen molar-refractivity contribution in [3.05, 3.63) is 90.0 Å². The molecule has 0 heterocycles. The Bertz CT molecular complexity index is 1080. The SMILES string of the molecule is COC(=O)Nc1ccc(C(CC(C)NC[C@H](O)COc2ccccc2)c2ccc(NC(=O)OC)cc2)cc1. The first-order valence-corrected chi connectivity index (χ1v) is 12.4. The summed E-state index contributed by atoms with van der Waals surface area (Å²) in [5.41, 5.74) is 3.36. The first-order valence-electron chi connectivity index (χ1n) is 12.4. The Balaban J connectivity index is 1.67. The van der Waals surface area contributed by atoms with Gasteiger partial charge in [0.2, 0.25) is 0 Å². The van der Waals surface area contributed by atoms with Crippen LogP contribution in [0.3, 0.4) is 0 Å². The molecule has 2 amide bonds. The van der Waals surface area contributed by atoms with Crippen LogP contribution >= 0.6 is 0 Å². The lowest BCUT2D eigenvalue weighted by molar-refractivity contribution is 0.103. The van der Waals surface area contributed by atoms with E-state index in [9.17, 15) is 14.7 Å². The van der Waals surface area contributed by atoms with Crippen LogP contribution in [0.25, 0.3) is 0 Å². The lowest BCUT2D eigenvalue weighted by atomic mass is 9.86. The number of aliphatic hydroxyl groups excluding tert-OH is 1. The van der Waals surface area contributed by atoms with Gasteiger partial charge in [-0.15, -0.1) is 0 Å². The van der Waals surface area contributed by atoms with Gasteiger partial charge in [-0.2, -0.15) is 0 Å². The molecule has 0 radical (unpaired) electrons. The number of para-hydroxylation sites is 1. The summed E-state index contributed by atoms with van der Waals surface area (Å²) in [6.07, 6.45) is -0.991. The van der Waals surface area contributed by atoms with E-state index >= 15 is 0 Å². The minimum Gasteiger partial charge on any atom is -0.491 e. The third-order valence-electron chi connectivity index (χ3n) is 5.97. The van der Waals surface area contributed by atoms with Crippen LogP contribution in [0.15, 0.2) is 78.9 Å². The predicted octanol–water partition coefficient (Wildman–Crippen LogP) is 4.98. The van der Waals surface area contributed by atoms with E-state index in [4.69, 9.17) is 4.74 Å². The standard InChI is InChI=1S/C29H35N3O6/c1-20(30-18-25(33)19-38-26-7-5-4-6-8-26)17-27(21-9-13-23(14-10-21)31-28(34)36-2)22-11-15-24(16-12-22)32-29(35)37-3/h4-16,20,25,27,30,33H,17-19H2,1-3H3,(H,31,34)(H,32,35)/t20?,25-/m0/s1. The van der Waals surface area contributed by atoms with Crippen LogP contribution in [0, 0.1) is 0 Å². The van der Waals surface area contributed by atoms with E-state index in [0.717, 1.165) is 23.3 Å². The molecule has 0 aliphatic rings. The van der Waals surface area contributed by atoms with Crippen LogP contribution in [0.5, 0.6) is 5.75 Å². The summed E-state index contributed by atoms with van der Waals surface area (Å²) >= 11 is 0. The molecular weight excluding hydrogens is 486 g/mol. The zero-order valence-electron chi connectivity index (χ0n) is 21.8. The Labute approximate surface area is 223 Å². The van der Waals surface area contributed by atoms with E-state index in [0.29, 0.717) is 17.9 Å². The second kappa shape index (κ2) is 14.6. The Morgan fingerprint density at radius 2 is 1.29 bits per heavy atom. The molecule has 3 aromatic carbocycles. The molecule has 0 saturated heterocycles. The number of anilines is 2. The first-order chi connectivity index (χ1) is 18.4. The van der Waals surface area contributed by atoms with Gasteiger partial charge in [0.25, 0.3) is 0 Å². The van der Waals surface area contributed by atoms with Crippen LogP contribution in [0.2, 0.25) is 0 Å². The second-order valence-electron chi connectivity index (χ2n) is 8.85. The molecule has 4 N–H and O–H groups in total. The summed E-state index contributed by atoms with van der Waals surface area (Å²) in [5, 5.41) is 19.1. The number of carbonyl (C=O) groups is 2. The van der Waals surface area contributed by atoms with E-state index in [-0.39, 0.29) is 18.6 Å². The highest BCUT2D eigenvalue weighted by Gasteiger charge is 2.19. The number of methoxy groups -OCH3 is 2. The topological polar surface area (TPSA) is 118 Å². The number of hydrogen-bond donors (Lipinski definition) is 4. The summed E-state index contributed by atoms with van der Waals surface area (Å²) in [4.78, 5) is 23.1. The largest absolute Gasteiger partial charge is 0.491 e. The van der Waals surface area contributed by atoms with Gasteiger partial charge in [0.05, 0.1) is 14.2 Å². The Kier molecular flexibility index (Phi) is 11.0. The highest BCUT2D eigenvalue weighted by molar-refractivity contribution is 5.85. The van der Waals surface area contributed by atoms with Crippen LogP contribution in [-0.4, -0.2) is 56.8 Å². The fraction of sp³-hybridized carbons (Fsp3) is 0.310. The molecule has 38 heavy (non-hydrogen) atoms. The van der Waals surface area contributed by atoms with Gasteiger partial charge in [-0.1, -0.05) is 42.5 Å². The molecule has 0 saturated carbocycles. The van der Waals surface area contributed by atoms with Gasteiger partial charge in [-0.25, -0.2) is 9.59 Å². The Hall–Kier alpha value is -4.08. The normalized spacial score (nSPS) is 12.3. The van der Waals surface area contributed by atoms with Crippen molar-refractivity contribution in [1.29, 1.82) is 0 Å². The summed E-state index contributed by atoms with van der Waals surface area (Å²) in [5.74, 6) is 0.726. The smallest absolute Gasteiger partial charge is 0.411 e. The fourth-order valence-electron chi connectivity index (χ4n) is 3.94. The number of aliphatic hydroxyl groups is 1. The van der Waals surface area contributed by atoms with Crippen molar-refractivity contribution in [3.63, 3.8) is 0 Å². The van der Waals surface area contributed by atoms with E-state index in [2.05, 4.69) is 32.3 Å². The third kappa shape index (κ3) is 9.10. The van der Waals surface area contributed by atoms with Crippen molar-refractivity contribution in [2.75, 3.05) is 38.0 Å². The highest BCUT2D eigenvalue weighted by atomic mass is 16.5. The number of ether oxygens (including phenoxy) is 3. The van der Waals surface area contributed by atoms with Crippen LogP contribution in [-0.2, 0) is 9.47 Å². The molecule has 0 aliphatic carbocycles. The first kappa shape index (κ1) is 28.5. The van der Waals surface area contributed by atoms with Gasteiger partial charge in [0, 0.05) is 29.9 Å². The van der Waals surface area contributed by atoms with Crippen LogP contribution in [0.4, 0.5) is 21.0 Å². The molecule has 0 aliphatic heterocycles. The zero-order chi connectivity index (χ0) is 27.3. The fourth-order valence-corrected chi connectivity index (χ4v) is 3.94.